The molecule has 3 nitrogen and oxygen atoms in total. The van der Waals surface area contributed by atoms with Crippen LogP contribution in [0.25, 0.3) is 39.0 Å². The molecule has 3 aromatic rings. The number of rotatable bonds is 0. The van der Waals surface area contributed by atoms with Crippen molar-refractivity contribution in [1.29, 1.82) is 0 Å². The number of fused-ring (bicyclic) bond motifs is 4. The average Bonchev–Trinajstić information content (AvgIpc) is 2.70. The summed E-state index contributed by atoms with van der Waals surface area (Å²) in [6.45, 7) is 4.66. The van der Waals surface area contributed by atoms with Gasteiger partial charge in [0.2, 0.25) is 5.82 Å². The van der Waals surface area contributed by atoms with Crippen molar-refractivity contribution in [2.24, 2.45) is 4.99 Å². The van der Waals surface area contributed by atoms with Crippen LogP contribution in [-0.4, -0.2) is 10.9 Å². The summed E-state index contributed by atoms with van der Waals surface area (Å²) in [6, 6.07) is 11.2. The zero-order valence-electron chi connectivity index (χ0n) is 16.5. The van der Waals surface area contributed by atoms with E-state index >= 15 is 0 Å². The van der Waals surface area contributed by atoms with E-state index in [4.69, 9.17) is 0 Å². The van der Waals surface area contributed by atoms with Crippen molar-refractivity contribution in [2.45, 2.75) is 32.1 Å². The van der Waals surface area contributed by atoms with Crippen LogP contribution >= 0.6 is 0 Å². The molecule has 0 aromatic heterocycles. The second kappa shape index (κ2) is 4.76. The van der Waals surface area contributed by atoms with Crippen LogP contribution in [0.15, 0.2) is 53.8 Å². The minimum Gasteiger partial charge on any atom is -0.616 e. The maximum Gasteiger partial charge on any atom is 0.244 e. The molecule has 0 radical (unpaired) electrons. The van der Waals surface area contributed by atoms with Crippen molar-refractivity contribution in [3.63, 3.8) is 0 Å². The molecule has 1 unspecified atom stereocenters. The minimum atomic E-state index is -0.590. The van der Waals surface area contributed by atoms with E-state index in [1.807, 2.05) is 6.20 Å². The monoisotopic (exact) mass is 376 g/mol. The molecule has 0 N–H and O–H groups in total. The Hall–Kier alpha value is -3.01. The standard InChI is InChI=1S/C26H20N2O/c1-26(2)13-16-14-28(29)11-3-10-27-25(28)20-9-8-18-17-6-4-15-5-7-19(21(17)12-15)24(26)23(18)22(16)20/h3-6,8-12,14H,7,13H2,1-2H3. The van der Waals surface area contributed by atoms with Crippen molar-refractivity contribution in [3.05, 3.63) is 81.1 Å². The Kier molecular flexibility index (Phi) is 2.60. The summed E-state index contributed by atoms with van der Waals surface area (Å²) >= 11 is 0. The van der Waals surface area contributed by atoms with E-state index < -0.39 is 4.65 Å². The summed E-state index contributed by atoms with van der Waals surface area (Å²) in [7, 11) is 0. The first-order valence-corrected chi connectivity index (χ1v) is 10.3. The van der Waals surface area contributed by atoms with E-state index in [-0.39, 0.29) is 5.41 Å². The van der Waals surface area contributed by atoms with E-state index in [2.05, 4.69) is 55.2 Å². The van der Waals surface area contributed by atoms with Gasteiger partial charge in [0.05, 0.1) is 5.22 Å². The molecule has 29 heavy (non-hydrogen) atoms. The number of aliphatic imine (C=N–C) groups is 1. The van der Waals surface area contributed by atoms with Gasteiger partial charge in [0, 0.05) is 23.4 Å². The molecule has 0 saturated carbocycles. The Balaban J connectivity index is 1.80. The van der Waals surface area contributed by atoms with Gasteiger partial charge in [-0.3, -0.25) is 4.65 Å². The van der Waals surface area contributed by atoms with Crippen molar-refractivity contribution in [3.8, 4) is 0 Å². The fourth-order valence-corrected chi connectivity index (χ4v) is 6.04. The van der Waals surface area contributed by atoms with Crippen LogP contribution in [0.3, 0.4) is 0 Å². The van der Waals surface area contributed by atoms with Gasteiger partial charge in [0.1, 0.15) is 12.4 Å². The number of quaternary nitrogens is 1. The molecular formula is C26H20N2O. The molecule has 2 aliphatic carbocycles. The van der Waals surface area contributed by atoms with Crippen LogP contribution in [0, 0.1) is 5.21 Å². The van der Waals surface area contributed by atoms with E-state index in [0.717, 1.165) is 23.6 Å². The summed E-state index contributed by atoms with van der Waals surface area (Å²) in [6.07, 6.45) is 11.2. The van der Waals surface area contributed by atoms with Crippen molar-refractivity contribution in [1.82, 2.24) is 0 Å². The highest BCUT2D eigenvalue weighted by molar-refractivity contribution is 6.16. The number of nitrogens with zero attached hydrogens (tertiary/aromatic N) is 2. The van der Waals surface area contributed by atoms with Crippen LogP contribution < -0.4 is 10.4 Å². The van der Waals surface area contributed by atoms with Crippen LogP contribution in [0.5, 0.6) is 0 Å². The van der Waals surface area contributed by atoms with Crippen LogP contribution in [0.1, 0.15) is 37.0 Å². The second-order valence-corrected chi connectivity index (χ2v) is 9.35. The van der Waals surface area contributed by atoms with Gasteiger partial charge in [-0.2, -0.15) is 0 Å². The van der Waals surface area contributed by atoms with Gasteiger partial charge >= 0.3 is 0 Å². The van der Waals surface area contributed by atoms with Gasteiger partial charge in [0.25, 0.3) is 0 Å². The summed E-state index contributed by atoms with van der Waals surface area (Å²) in [5.41, 5.74) is 5.29. The molecule has 7 rings (SSSR count). The molecule has 0 saturated heterocycles. The fourth-order valence-electron chi connectivity index (χ4n) is 6.04. The summed E-state index contributed by atoms with van der Waals surface area (Å²) in [5.74, 6) is 0.578. The third-order valence-corrected chi connectivity index (χ3v) is 7.10. The Bertz CT molecular complexity index is 1530. The first-order valence-electron chi connectivity index (χ1n) is 10.3. The second-order valence-electron chi connectivity index (χ2n) is 9.35. The number of hydrogen-bond acceptors (Lipinski definition) is 2. The van der Waals surface area contributed by atoms with E-state index in [1.165, 1.54) is 43.5 Å². The first kappa shape index (κ1) is 15.9. The third-order valence-electron chi connectivity index (χ3n) is 7.10. The van der Waals surface area contributed by atoms with Crippen molar-refractivity contribution >= 4 is 45.2 Å². The normalized spacial score (nSPS) is 24.7. The summed E-state index contributed by atoms with van der Waals surface area (Å²) in [5, 5.41) is 21.2. The van der Waals surface area contributed by atoms with Gasteiger partial charge in [-0.25, -0.2) is 4.99 Å². The van der Waals surface area contributed by atoms with Gasteiger partial charge in [-0.15, -0.1) is 0 Å². The number of hydrogen-bond donors (Lipinski definition) is 0. The molecule has 3 heteroatoms. The highest BCUT2D eigenvalue weighted by atomic mass is 16.5. The average molecular weight is 376 g/mol. The van der Waals surface area contributed by atoms with Gasteiger partial charge in [-0.05, 0) is 68.3 Å². The van der Waals surface area contributed by atoms with E-state index in [1.54, 1.807) is 18.5 Å². The van der Waals surface area contributed by atoms with Gasteiger partial charge in [0.15, 0.2) is 0 Å². The number of allylic oxidation sites excluding steroid dienone is 2. The molecule has 3 aromatic carbocycles. The molecule has 140 valence electrons. The van der Waals surface area contributed by atoms with Crippen LogP contribution in [-0.2, 0) is 11.8 Å². The molecule has 1 atom stereocenters. The zero-order chi connectivity index (χ0) is 19.5. The highest BCUT2D eigenvalue weighted by Gasteiger charge is 2.40. The lowest BCUT2D eigenvalue weighted by Gasteiger charge is -2.43. The lowest BCUT2D eigenvalue weighted by molar-refractivity contribution is -0.696. The topological polar surface area (TPSA) is 35.4 Å². The molecule has 4 aliphatic rings. The number of benzene rings is 3. The Morgan fingerprint density at radius 1 is 1.07 bits per heavy atom. The largest absolute Gasteiger partial charge is 0.616 e. The van der Waals surface area contributed by atoms with E-state index in [0.29, 0.717) is 5.82 Å². The lowest BCUT2D eigenvalue weighted by Crippen LogP contribution is -2.40. The molecule has 0 fully saturated rings. The van der Waals surface area contributed by atoms with Crippen LogP contribution in [0.2, 0.25) is 0 Å². The maximum absolute atomic E-state index is 13.6. The molecule has 0 spiro atoms. The van der Waals surface area contributed by atoms with Gasteiger partial charge < -0.3 is 5.21 Å². The molecular weight excluding hydrogens is 356 g/mol. The third kappa shape index (κ3) is 1.79. The molecule has 2 heterocycles. The predicted octanol–water partition coefficient (Wildman–Crippen LogP) is 4.34. The Morgan fingerprint density at radius 3 is 2.83 bits per heavy atom. The molecule has 2 aliphatic heterocycles. The fraction of sp³-hybridized carbons (Fsp3) is 0.192. The zero-order valence-corrected chi connectivity index (χ0v) is 16.5. The van der Waals surface area contributed by atoms with Crippen molar-refractivity contribution in [2.75, 3.05) is 0 Å². The quantitative estimate of drug-likeness (QED) is 0.326. The lowest BCUT2D eigenvalue weighted by atomic mass is 9.66. The smallest absolute Gasteiger partial charge is 0.244 e. The molecule has 2 bridgehead atoms. The summed E-state index contributed by atoms with van der Waals surface area (Å²) < 4.78 is -0.590. The van der Waals surface area contributed by atoms with Crippen molar-refractivity contribution < 1.29 is 4.65 Å². The SMILES string of the molecule is CC1(C)CC2=C[N+]3([O-])C=CC=NC3=c3ccc4c(c1c1c5cc(ccc54)=CC1)c32. The predicted molar refractivity (Wildman–Crippen MR) is 119 cm³/mol. The Labute approximate surface area is 168 Å². The van der Waals surface area contributed by atoms with Crippen LogP contribution in [0.4, 0.5) is 0 Å². The van der Waals surface area contributed by atoms with E-state index in [9.17, 15) is 5.21 Å². The minimum absolute atomic E-state index is 0.0279. The first-order chi connectivity index (χ1) is 14.0. The van der Waals surface area contributed by atoms with Gasteiger partial charge in [-0.1, -0.05) is 38.1 Å². The maximum atomic E-state index is 13.6. The summed E-state index contributed by atoms with van der Waals surface area (Å²) in [4.78, 5) is 4.52. The Morgan fingerprint density at radius 2 is 1.93 bits per heavy atom. The molecule has 0 amide bonds. The highest BCUT2D eigenvalue weighted by Crippen LogP contribution is 2.51. The number of hydroxylamine groups is 3.